The molecule has 9 heteroatoms. The largest absolute Gasteiger partial charge is 0.458 e. The van der Waals surface area contributed by atoms with Gasteiger partial charge in [0.2, 0.25) is 0 Å². The highest BCUT2D eigenvalue weighted by molar-refractivity contribution is 5.81. The number of halogens is 3. The number of hydrogen-bond acceptors (Lipinski definition) is 5. The number of carbonyl (C=O) groups excluding carboxylic acids is 2. The van der Waals surface area contributed by atoms with Crippen molar-refractivity contribution in [1.29, 1.82) is 0 Å². The molecular formula is C18H32F3NO5. The van der Waals surface area contributed by atoms with Crippen molar-refractivity contribution in [2.75, 3.05) is 6.61 Å². The van der Waals surface area contributed by atoms with E-state index in [4.69, 9.17) is 14.2 Å². The Labute approximate surface area is 159 Å². The molecule has 0 spiro atoms. The molecule has 160 valence electrons. The Balaban J connectivity index is 4.57. The number of alkyl halides is 3. The molecule has 0 bridgehead atoms. The summed E-state index contributed by atoms with van der Waals surface area (Å²) in [4.78, 5) is 24.0. The van der Waals surface area contributed by atoms with Crippen molar-refractivity contribution >= 4 is 12.1 Å². The maximum absolute atomic E-state index is 12.2. The zero-order valence-electron chi connectivity index (χ0n) is 17.1. The second kappa shape index (κ2) is 10.7. The number of nitrogens with one attached hydrogen (secondary N) is 1. The second-order valence-corrected chi connectivity index (χ2v) is 7.81. The van der Waals surface area contributed by atoms with Crippen LogP contribution in [0.3, 0.4) is 0 Å². The van der Waals surface area contributed by atoms with E-state index in [1.807, 2.05) is 0 Å². The van der Waals surface area contributed by atoms with Gasteiger partial charge in [-0.15, -0.1) is 0 Å². The molecule has 27 heavy (non-hydrogen) atoms. The Kier molecular flexibility index (Phi) is 10.1. The van der Waals surface area contributed by atoms with Gasteiger partial charge in [-0.2, -0.15) is 13.2 Å². The number of esters is 1. The third-order valence-corrected chi connectivity index (χ3v) is 3.44. The molecular weight excluding hydrogens is 367 g/mol. The van der Waals surface area contributed by atoms with Crippen molar-refractivity contribution in [3.8, 4) is 0 Å². The van der Waals surface area contributed by atoms with Crippen LogP contribution in [0.2, 0.25) is 0 Å². The van der Waals surface area contributed by atoms with Gasteiger partial charge in [-0.05, 0) is 47.0 Å². The maximum Gasteiger partial charge on any atom is 0.408 e. The molecule has 0 aliphatic heterocycles. The summed E-state index contributed by atoms with van der Waals surface area (Å²) in [5, 5.41) is 2.39. The SMILES string of the molecule is CC(C)[C@H](OC(=O)[C@H](C)NC(=O)OC(C)(C)C)[C@H](C)OCCCC(F)(F)F. The van der Waals surface area contributed by atoms with Gasteiger partial charge in [0.1, 0.15) is 17.7 Å². The van der Waals surface area contributed by atoms with Gasteiger partial charge < -0.3 is 19.5 Å². The molecule has 0 saturated heterocycles. The molecule has 0 aromatic carbocycles. The van der Waals surface area contributed by atoms with Crippen LogP contribution in [0.5, 0.6) is 0 Å². The summed E-state index contributed by atoms with van der Waals surface area (Å²) < 4.78 is 52.4. The van der Waals surface area contributed by atoms with Crippen molar-refractivity contribution in [2.45, 2.75) is 91.3 Å². The lowest BCUT2D eigenvalue weighted by Crippen LogP contribution is -2.45. The van der Waals surface area contributed by atoms with Gasteiger partial charge in [0.15, 0.2) is 0 Å². The van der Waals surface area contributed by atoms with Crippen LogP contribution in [0.25, 0.3) is 0 Å². The number of ether oxygens (including phenoxy) is 3. The average Bonchev–Trinajstić information content (AvgIpc) is 2.45. The standard InChI is InChI=1S/C18H32F3NO5/c1-11(2)14(13(4)25-10-8-9-18(19,20)21)26-15(23)12(3)22-16(24)27-17(5,6)7/h11-14H,8-10H2,1-7H3,(H,22,24)/t12-,13-,14-/m0/s1. The Morgan fingerprint density at radius 2 is 1.59 bits per heavy atom. The fraction of sp³-hybridized carbons (Fsp3) is 0.889. The van der Waals surface area contributed by atoms with Crippen molar-refractivity contribution < 1.29 is 37.0 Å². The molecule has 0 aromatic rings. The number of hydrogen-bond donors (Lipinski definition) is 1. The van der Waals surface area contributed by atoms with E-state index in [-0.39, 0.29) is 18.9 Å². The fourth-order valence-electron chi connectivity index (χ4n) is 2.19. The minimum Gasteiger partial charge on any atom is -0.458 e. The van der Waals surface area contributed by atoms with E-state index in [2.05, 4.69) is 5.32 Å². The molecule has 0 aliphatic rings. The van der Waals surface area contributed by atoms with Crippen LogP contribution in [0.4, 0.5) is 18.0 Å². The normalized spacial score (nSPS) is 15.8. The predicted molar refractivity (Wildman–Crippen MR) is 94.3 cm³/mol. The van der Waals surface area contributed by atoms with Gasteiger partial charge in [-0.3, -0.25) is 0 Å². The van der Waals surface area contributed by atoms with Crippen molar-refractivity contribution in [3.05, 3.63) is 0 Å². The van der Waals surface area contributed by atoms with E-state index in [0.717, 1.165) is 0 Å². The van der Waals surface area contributed by atoms with E-state index in [1.165, 1.54) is 6.92 Å². The molecule has 6 nitrogen and oxygen atoms in total. The molecule has 0 heterocycles. The Morgan fingerprint density at radius 1 is 1.04 bits per heavy atom. The third kappa shape index (κ3) is 12.5. The highest BCUT2D eigenvalue weighted by Gasteiger charge is 2.30. The summed E-state index contributed by atoms with van der Waals surface area (Å²) in [6, 6.07) is -0.946. The molecule has 1 amide bonds. The molecule has 0 aliphatic carbocycles. The van der Waals surface area contributed by atoms with Gasteiger partial charge in [0.05, 0.1) is 6.10 Å². The number of rotatable bonds is 9. The number of alkyl carbamates (subject to hydrolysis) is 1. The minimum atomic E-state index is -4.22. The van der Waals surface area contributed by atoms with Crippen LogP contribution in [0.1, 0.15) is 61.3 Å². The molecule has 1 N–H and O–H groups in total. The summed E-state index contributed by atoms with van der Waals surface area (Å²) >= 11 is 0. The van der Waals surface area contributed by atoms with Crippen molar-refractivity contribution in [2.24, 2.45) is 5.92 Å². The zero-order chi connectivity index (χ0) is 21.4. The highest BCUT2D eigenvalue weighted by atomic mass is 19.4. The van der Waals surface area contributed by atoms with Gasteiger partial charge in [-0.1, -0.05) is 13.8 Å². The van der Waals surface area contributed by atoms with E-state index in [1.54, 1.807) is 41.5 Å². The van der Waals surface area contributed by atoms with Crippen LogP contribution in [0, 0.1) is 5.92 Å². The Hall–Kier alpha value is -1.51. The molecule has 0 rings (SSSR count). The monoisotopic (exact) mass is 399 g/mol. The first-order chi connectivity index (χ1) is 12.1. The minimum absolute atomic E-state index is 0.0901. The van der Waals surface area contributed by atoms with E-state index >= 15 is 0 Å². The average molecular weight is 399 g/mol. The first-order valence-corrected chi connectivity index (χ1v) is 9.00. The topological polar surface area (TPSA) is 73.9 Å². The van der Waals surface area contributed by atoms with Crippen LogP contribution in [0.15, 0.2) is 0 Å². The smallest absolute Gasteiger partial charge is 0.408 e. The summed E-state index contributed by atoms with van der Waals surface area (Å²) in [6.45, 7) is 11.7. The molecule has 0 fully saturated rings. The van der Waals surface area contributed by atoms with Crippen LogP contribution < -0.4 is 5.32 Å². The third-order valence-electron chi connectivity index (χ3n) is 3.44. The number of carbonyl (C=O) groups is 2. The molecule has 0 radical (unpaired) electrons. The second-order valence-electron chi connectivity index (χ2n) is 7.81. The van der Waals surface area contributed by atoms with Crippen molar-refractivity contribution in [1.82, 2.24) is 5.32 Å². The van der Waals surface area contributed by atoms with Gasteiger partial charge in [-0.25, -0.2) is 9.59 Å². The summed E-state index contributed by atoms with van der Waals surface area (Å²) in [5.41, 5.74) is -0.701. The quantitative estimate of drug-likeness (QED) is 0.464. The lowest BCUT2D eigenvalue weighted by Gasteiger charge is -2.29. The first-order valence-electron chi connectivity index (χ1n) is 9.00. The molecule has 0 saturated carbocycles. The van der Waals surface area contributed by atoms with Gasteiger partial charge >= 0.3 is 18.2 Å². The van der Waals surface area contributed by atoms with Gasteiger partial charge in [0.25, 0.3) is 0 Å². The predicted octanol–water partition coefficient (Wildman–Crippen LogP) is 4.22. The van der Waals surface area contributed by atoms with Crippen LogP contribution in [-0.2, 0) is 19.0 Å². The Bertz CT molecular complexity index is 475. The fourth-order valence-corrected chi connectivity index (χ4v) is 2.19. The van der Waals surface area contributed by atoms with E-state index < -0.39 is 48.5 Å². The molecule has 3 atom stereocenters. The zero-order valence-corrected chi connectivity index (χ0v) is 17.1. The van der Waals surface area contributed by atoms with Crippen LogP contribution >= 0.6 is 0 Å². The lowest BCUT2D eigenvalue weighted by atomic mass is 10.0. The van der Waals surface area contributed by atoms with Crippen molar-refractivity contribution in [3.63, 3.8) is 0 Å². The molecule has 0 aromatic heterocycles. The van der Waals surface area contributed by atoms with Crippen LogP contribution in [-0.4, -0.2) is 48.7 Å². The molecule has 0 unspecified atom stereocenters. The van der Waals surface area contributed by atoms with E-state index in [9.17, 15) is 22.8 Å². The Morgan fingerprint density at radius 3 is 2.04 bits per heavy atom. The lowest BCUT2D eigenvalue weighted by molar-refractivity contribution is -0.164. The summed E-state index contributed by atoms with van der Waals surface area (Å²) in [6.07, 6.45) is -7.31. The maximum atomic E-state index is 12.2. The highest BCUT2D eigenvalue weighted by Crippen LogP contribution is 2.22. The number of amides is 1. The van der Waals surface area contributed by atoms with Gasteiger partial charge in [0, 0.05) is 13.0 Å². The first kappa shape index (κ1) is 25.5. The summed E-state index contributed by atoms with van der Waals surface area (Å²) in [5.74, 6) is -0.800. The van der Waals surface area contributed by atoms with E-state index in [0.29, 0.717) is 0 Å². The summed E-state index contributed by atoms with van der Waals surface area (Å²) in [7, 11) is 0.